The zero-order valence-corrected chi connectivity index (χ0v) is 19.7. The molecule has 0 saturated heterocycles. The van der Waals surface area contributed by atoms with Crippen LogP contribution in [-0.4, -0.2) is 58.6 Å². The first-order chi connectivity index (χ1) is 16.6. The van der Waals surface area contributed by atoms with E-state index in [0.29, 0.717) is 5.56 Å². The molecule has 0 spiro atoms. The highest BCUT2D eigenvalue weighted by Gasteiger charge is 2.26. The molecule has 0 aliphatic heterocycles. The maximum absolute atomic E-state index is 12.8. The van der Waals surface area contributed by atoms with Crippen LogP contribution in [0.4, 0.5) is 0 Å². The highest BCUT2D eigenvalue weighted by atomic mass is 16.4. The highest BCUT2D eigenvalue weighted by Crippen LogP contribution is 2.11. The molecule has 2 aromatic carbocycles. The molecule has 3 amide bonds. The summed E-state index contributed by atoms with van der Waals surface area (Å²) in [7, 11) is 0. The van der Waals surface area contributed by atoms with Gasteiger partial charge in [0.25, 0.3) is 0 Å². The molecule has 2 rings (SSSR count). The number of carboxylic acids is 1. The summed E-state index contributed by atoms with van der Waals surface area (Å²) in [6.45, 7) is 3.10. The lowest BCUT2D eigenvalue weighted by Gasteiger charge is -2.22. The molecule has 0 aromatic heterocycles. The maximum atomic E-state index is 12.8. The fourth-order valence-corrected chi connectivity index (χ4v) is 3.23. The van der Waals surface area contributed by atoms with E-state index in [4.69, 9.17) is 5.73 Å². The van der Waals surface area contributed by atoms with Crippen molar-refractivity contribution in [3.05, 3.63) is 65.7 Å². The fraction of sp³-hybridized carbons (Fsp3) is 0.360. The van der Waals surface area contributed by atoms with Crippen LogP contribution in [0, 0.1) is 5.92 Å². The van der Waals surface area contributed by atoms with E-state index in [0.717, 1.165) is 5.56 Å². The van der Waals surface area contributed by atoms with Gasteiger partial charge >= 0.3 is 5.97 Å². The topological polar surface area (TPSA) is 171 Å². The van der Waals surface area contributed by atoms with Gasteiger partial charge in [-0.25, -0.2) is 4.79 Å². The number of phenolic OH excluding ortho intramolecular Hbond substituents is 1. The summed E-state index contributed by atoms with van der Waals surface area (Å²) < 4.78 is 0. The third-order valence-electron chi connectivity index (χ3n) is 5.37. The normalized spacial score (nSPS) is 13.4. The summed E-state index contributed by atoms with van der Waals surface area (Å²) in [6, 6.07) is 12.0. The van der Waals surface area contributed by atoms with E-state index in [1.807, 2.05) is 18.2 Å². The van der Waals surface area contributed by atoms with Crippen molar-refractivity contribution in [2.24, 2.45) is 11.7 Å². The van der Waals surface area contributed by atoms with Gasteiger partial charge in [-0.2, -0.15) is 0 Å². The lowest BCUT2D eigenvalue weighted by molar-refractivity contribution is -0.141. The van der Waals surface area contributed by atoms with E-state index in [9.17, 15) is 29.4 Å². The van der Waals surface area contributed by atoms with Gasteiger partial charge in [0.2, 0.25) is 17.7 Å². The van der Waals surface area contributed by atoms with E-state index >= 15 is 0 Å². The largest absolute Gasteiger partial charge is 0.508 e. The lowest BCUT2D eigenvalue weighted by atomic mass is 10.0. The number of phenols is 1. The smallest absolute Gasteiger partial charge is 0.326 e. The number of carbonyl (C=O) groups is 4. The van der Waals surface area contributed by atoms with Crippen molar-refractivity contribution in [2.75, 3.05) is 6.54 Å². The molecule has 10 nitrogen and oxygen atoms in total. The molecule has 188 valence electrons. The summed E-state index contributed by atoms with van der Waals surface area (Å²) in [5, 5.41) is 26.3. The Hall–Kier alpha value is -3.92. The van der Waals surface area contributed by atoms with Gasteiger partial charge in [0.05, 0.1) is 12.6 Å². The first-order valence-corrected chi connectivity index (χ1v) is 11.2. The van der Waals surface area contributed by atoms with Crippen molar-refractivity contribution in [3.63, 3.8) is 0 Å². The van der Waals surface area contributed by atoms with Crippen molar-refractivity contribution in [3.8, 4) is 5.75 Å². The van der Waals surface area contributed by atoms with E-state index in [1.54, 1.807) is 38.1 Å². The second-order valence-electron chi connectivity index (χ2n) is 8.57. The average Bonchev–Trinajstić information content (AvgIpc) is 2.82. The van der Waals surface area contributed by atoms with Crippen molar-refractivity contribution < 1.29 is 29.4 Å². The third kappa shape index (κ3) is 9.09. The Morgan fingerprint density at radius 2 is 1.40 bits per heavy atom. The molecule has 0 radical (unpaired) electrons. The number of carboxylic acid groups (broad SMARTS) is 1. The van der Waals surface area contributed by atoms with Gasteiger partial charge in [0.15, 0.2) is 0 Å². The summed E-state index contributed by atoms with van der Waals surface area (Å²) in [4.78, 5) is 49.3. The minimum Gasteiger partial charge on any atom is -0.508 e. The Kier molecular flexibility index (Phi) is 10.2. The monoisotopic (exact) mass is 484 g/mol. The van der Waals surface area contributed by atoms with Gasteiger partial charge in [-0.3, -0.25) is 14.4 Å². The zero-order valence-electron chi connectivity index (χ0n) is 19.7. The Labute approximate surface area is 203 Å². The first kappa shape index (κ1) is 27.3. The number of nitrogens with one attached hydrogen (secondary N) is 3. The van der Waals surface area contributed by atoms with Crippen molar-refractivity contribution in [1.82, 2.24) is 16.0 Å². The summed E-state index contributed by atoms with van der Waals surface area (Å²) in [6.07, 6.45) is 0.179. The Morgan fingerprint density at radius 3 is 1.97 bits per heavy atom. The molecule has 0 aliphatic carbocycles. The van der Waals surface area contributed by atoms with E-state index in [1.165, 1.54) is 12.1 Å². The molecule has 10 heteroatoms. The van der Waals surface area contributed by atoms with E-state index in [2.05, 4.69) is 16.0 Å². The van der Waals surface area contributed by atoms with Crippen LogP contribution in [0.15, 0.2) is 54.6 Å². The number of benzene rings is 2. The van der Waals surface area contributed by atoms with Crippen LogP contribution < -0.4 is 21.7 Å². The van der Waals surface area contributed by atoms with Crippen LogP contribution in [0.25, 0.3) is 0 Å². The molecule has 0 fully saturated rings. The SMILES string of the molecule is CC(C)C(N)C(=O)NC(Cc1ccccc1)C(=O)NCC(=O)NC(Cc1ccc(O)cc1)C(=O)O. The maximum Gasteiger partial charge on any atom is 0.326 e. The predicted molar refractivity (Wildman–Crippen MR) is 129 cm³/mol. The lowest BCUT2D eigenvalue weighted by Crippen LogP contribution is -2.55. The summed E-state index contributed by atoms with van der Waals surface area (Å²) >= 11 is 0. The number of amides is 3. The van der Waals surface area contributed by atoms with E-state index in [-0.39, 0.29) is 24.5 Å². The number of aliphatic carboxylic acids is 1. The van der Waals surface area contributed by atoms with Crippen molar-refractivity contribution in [2.45, 2.75) is 44.8 Å². The Balaban J connectivity index is 2.00. The average molecular weight is 485 g/mol. The van der Waals surface area contributed by atoms with Crippen LogP contribution in [0.5, 0.6) is 5.75 Å². The molecule has 0 aliphatic rings. The van der Waals surface area contributed by atoms with Gasteiger partial charge in [-0.05, 0) is 29.2 Å². The number of rotatable bonds is 12. The minimum atomic E-state index is -1.24. The van der Waals surface area contributed by atoms with Gasteiger partial charge in [0, 0.05) is 12.8 Å². The molecular formula is C25H32N4O6. The van der Waals surface area contributed by atoms with Crippen molar-refractivity contribution >= 4 is 23.7 Å². The number of hydrogen-bond acceptors (Lipinski definition) is 6. The number of hydrogen-bond donors (Lipinski definition) is 6. The summed E-state index contributed by atoms with van der Waals surface area (Å²) in [5.74, 6) is -3.12. The third-order valence-corrected chi connectivity index (χ3v) is 5.37. The van der Waals surface area contributed by atoms with Gasteiger partial charge in [-0.15, -0.1) is 0 Å². The molecule has 2 aromatic rings. The first-order valence-electron chi connectivity index (χ1n) is 11.2. The number of aromatic hydroxyl groups is 1. The van der Waals surface area contributed by atoms with E-state index < -0.39 is 48.4 Å². The zero-order chi connectivity index (χ0) is 26.0. The predicted octanol–water partition coefficient (Wildman–Crippen LogP) is 0.331. The van der Waals surface area contributed by atoms with Crippen LogP contribution in [0.3, 0.4) is 0 Å². The molecule has 0 heterocycles. The Morgan fingerprint density at radius 1 is 0.829 bits per heavy atom. The quantitative estimate of drug-likeness (QED) is 0.252. The second-order valence-corrected chi connectivity index (χ2v) is 8.57. The van der Waals surface area contributed by atoms with Crippen LogP contribution in [0.2, 0.25) is 0 Å². The molecule has 35 heavy (non-hydrogen) atoms. The molecule has 0 bridgehead atoms. The Bertz CT molecular complexity index is 1010. The van der Waals surface area contributed by atoms with Crippen molar-refractivity contribution in [1.29, 1.82) is 0 Å². The minimum absolute atomic E-state index is 0.00488. The molecule has 7 N–H and O–H groups in total. The number of carbonyl (C=O) groups excluding carboxylic acids is 3. The molecular weight excluding hydrogens is 452 g/mol. The molecule has 0 saturated carbocycles. The van der Waals surface area contributed by atoms with Gasteiger partial charge in [0.1, 0.15) is 17.8 Å². The number of nitrogens with two attached hydrogens (primary N) is 1. The summed E-state index contributed by atoms with van der Waals surface area (Å²) in [5.41, 5.74) is 7.31. The standard InChI is InChI=1S/C25H32N4O6/c1-15(2)22(26)24(33)29-19(12-16-6-4-3-5-7-16)23(32)27-14-21(31)28-20(25(34)35)13-17-8-10-18(30)11-9-17/h3-11,15,19-20,22,30H,12-14,26H2,1-2H3,(H,27,32)(H,28,31)(H,29,33)(H,34,35). The van der Waals surface area contributed by atoms with Gasteiger partial charge in [-0.1, -0.05) is 56.3 Å². The van der Waals surface area contributed by atoms with Gasteiger partial charge < -0.3 is 31.9 Å². The van der Waals surface area contributed by atoms with Crippen LogP contribution in [0.1, 0.15) is 25.0 Å². The molecule has 3 unspecified atom stereocenters. The van der Waals surface area contributed by atoms with Crippen LogP contribution >= 0.6 is 0 Å². The molecule has 3 atom stereocenters. The highest BCUT2D eigenvalue weighted by molar-refractivity contribution is 5.92. The second kappa shape index (κ2) is 13.1. The van der Waals surface area contributed by atoms with Crippen LogP contribution in [-0.2, 0) is 32.0 Å². The fourth-order valence-electron chi connectivity index (χ4n) is 3.23.